The van der Waals surface area contributed by atoms with Crippen molar-refractivity contribution in [3.8, 4) is 12.3 Å². The highest BCUT2D eigenvalue weighted by atomic mass is 16.4. The van der Waals surface area contributed by atoms with E-state index < -0.39 is 23.5 Å². The zero-order valence-corrected chi connectivity index (χ0v) is 8.93. The fourth-order valence-electron chi connectivity index (χ4n) is 0.821. The maximum Gasteiger partial charge on any atom is 0.325 e. The van der Waals surface area contributed by atoms with Crippen molar-refractivity contribution in [2.45, 2.75) is 18.5 Å². The Hall–Kier alpha value is -1.84. The Bertz CT molecular complexity index is 346. The number of carboxylic acid groups (broad SMARTS) is 1. The molecule has 0 aliphatic rings. The molecule has 0 aromatic carbocycles. The second kappa shape index (κ2) is 5.90. The maximum atomic E-state index is 11.6. The summed E-state index contributed by atoms with van der Waals surface area (Å²) in [5, 5.41) is 10.8. The Labute approximate surface area is 93.7 Å². The van der Waals surface area contributed by atoms with E-state index in [0.29, 0.717) is 0 Å². The minimum Gasteiger partial charge on any atom is -0.480 e. The quantitative estimate of drug-likeness (QED) is 0.332. The van der Waals surface area contributed by atoms with Gasteiger partial charge >= 0.3 is 5.97 Å². The number of carbonyl (C=O) groups is 2. The van der Waals surface area contributed by atoms with Crippen molar-refractivity contribution in [3.63, 3.8) is 0 Å². The summed E-state index contributed by atoms with van der Waals surface area (Å²) in [6.45, 7) is 1.49. The first-order valence-corrected chi connectivity index (χ1v) is 4.55. The summed E-state index contributed by atoms with van der Waals surface area (Å²) in [7, 11) is 0. The van der Waals surface area contributed by atoms with Crippen LogP contribution < -0.4 is 16.8 Å². The second-order valence-electron chi connectivity index (χ2n) is 3.18. The van der Waals surface area contributed by atoms with Crippen molar-refractivity contribution in [3.05, 3.63) is 12.2 Å². The molecule has 0 heterocycles. The normalized spacial score (nSPS) is 16.1. The van der Waals surface area contributed by atoms with Crippen LogP contribution in [0.5, 0.6) is 0 Å². The van der Waals surface area contributed by atoms with Gasteiger partial charge in [0.2, 0.25) is 0 Å². The zero-order chi connectivity index (χ0) is 12.8. The first kappa shape index (κ1) is 14.2. The van der Waals surface area contributed by atoms with Crippen molar-refractivity contribution in [1.29, 1.82) is 0 Å². The van der Waals surface area contributed by atoms with Crippen LogP contribution in [-0.2, 0) is 9.59 Å². The van der Waals surface area contributed by atoms with E-state index in [1.165, 1.54) is 19.1 Å². The lowest BCUT2D eigenvalue weighted by Gasteiger charge is -2.20. The molecule has 0 aromatic heterocycles. The number of amides is 1. The first-order chi connectivity index (χ1) is 7.37. The highest BCUT2D eigenvalue weighted by Crippen LogP contribution is 2.02. The van der Waals surface area contributed by atoms with Crippen molar-refractivity contribution < 1.29 is 14.7 Å². The molecule has 88 valence electrons. The molecule has 6 heteroatoms. The number of nitrogens with two attached hydrogens (primary N) is 2. The topological polar surface area (TPSA) is 118 Å². The van der Waals surface area contributed by atoms with E-state index in [2.05, 4.69) is 11.2 Å². The molecular weight excluding hydrogens is 210 g/mol. The number of hydrogen-bond donors (Lipinski definition) is 4. The third-order valence-electron chi connectivity index (χ3n) is 1.85. The number of aliphatic carboxylic acids is 1. The van der Waals surface area contributed by atoms with Gasteiger partial charge in [0.1, 0.15) is 6.04 Å². The van der Waals surface area contributed by atoms with Gasteiger partial charge in [-0.15, -0.1) is 6.42 Å². The van der Waals surface area contributed by atoms with E-state index in [9.17, 15) is 9.59 Å². The van der Waals surface area contributed by atoms with Crippen molar-refractivity contribution in [1.82, 2.24) is 5.32 Å². The summed E-state index contributed by atoms with van der Waals surface area (Å²) in [5.74, 6) is 0.162. The van der Waals surface area contributed by atoms with E-state index >= 15 is 0 Å². The minimum atomic E-state index is -1.68. The van der Waals surface area contributed by atoms with E-state index in [-0.39, 0.29) is 6.54 Å². The Morgan fingerprint density at radius 1 is 1.69 bits per heavy atom. The van der Waals surface area contributed by atoms with Crippen LogP contribution in [0.25, 0.3) is 0 Å². The van der Waals surface area contributed by atoms with Gasteiger partial charge in [0.15, 0.2) is 5.54 Å². The number of terminal acetylenes is 1. The zero-order valence-electron chi connectivity index (χ0n) is 8.93. The van der Waals surface area contributed by atoms with Crippen LogP contribution >= 0.6 is 0 Å². The number of hydrogen-bond acceptors (Lipinski definition) is 4. The summed E-state index contributed by atoms with van der Waals surface area (Å²) in [5.41, 5.74) is 9.12. The summed E-state index contributed by atoms with van der Waals surface area (Å²) >= 11 is 0. The molecule has 6 nitrogen and oxygen atoms in total. The van der Waals surface area contributed by atoms with Crippen molar-refractivity contribution in [2.24, 2.45) is 11.5 Å². The maximum absolute atomic E-state index is 11.6. The van der Waals surface area contributed by atoms with Gasteiger partial charge in [-0.3, -0.25) is 9.59 Å². The van der Waals surface area contributed by atoms with Crippen LogP contribution in [0.3, 0.4) is 0 Å². The molecule has 0 aromatic rings. The minimum absolute atomic E-state index is 0.183. The molecule has 0 saturated carbocycles. The average molecular weight is 225 g/mol. The summed E-state index contributed by atoms with van der Waals surface area (Å²) in [6, 6.07) is -1.06. The molecule has 2 unspecified atom stereocenters. The molecule has 1 amide bonds. The highest BCUT2D eigenvalue weighted by Gasteiger charge is 2.30. The van der Waals surface area contributed by atoms with Crippen LogP contribution in [0.15, 0.2) is 12.2 Å². The van der Waals surface area contributed by atoms with Gasteiger partial charge in [-0.2, -0.15) is 0 Å². The van der Waals surface area contributed by atoms with Crippen LogP contribution in [-0.4, -0.2) is 35.1 Å². The van der Waals surface area contributed by atoms with Gasteiger partial charge < -0.3 is 21.9 Å². The Morgan fingerprint density at radius 3 is 2.62 bits per heavy atom. The summed E-state index contributed by atoms with van der Waals surface area (Å²) < 4.78 is 0. The number of carbonyl (C=O) groups excluding carboxylic acids is 1. The van der Waals surface area contributed by atoms with E-state index in [1.54, 1.807) is 0 Å². The second-order valence-corrected chi connectivity index (χ2v) is 3.18. The smallest absolute Gasteiger partial charge is 0.325 e. The predicted octanol–water partition coefficient (Wildman–Crippen LogP) is -1.58. The van der Waals surface area contributed by atoms with Gasteiger partial charge in [0.05, 0.1) is 0 Å². The van der Waals surface area contributed by atoms with Crippen molar-refractivity contribution >= 4 is 11.9 Å². The summed E-state index contributed by atoms with van der Waals surface area (Å²) in [6.07, 6.45) is 7.82. The van der Waals surface area contributed by atoms with Gasteiger partial charge in [-0.1, -0.05) is 12.0 Å². The fourth-order valence-corrected chi connectivity index (χ4v) is 0.821. The molecule has 0 fully saturated rings. The monoisotopic (exact) mass is 225 g/mol. The fraction of sp³-hybridized carbons (Fsp3) is 0.400. The molecule has 0 saturated heterocycles. The molecule has 0 radical (unpaired) electrons. The number of nitrogens with one attached hydrogen (secondary N) is 1. The lowest BCUT2D eigenvalue weighted by molar-refractivity contribution is -0.141. The molecule has 0 aliphatic carbocycles. The summed E-state index contributed by atoms with van der Waals surface area (Å²) in [4.78, 5) is 22.1. The first-order valence-electron chi connectivity index (χ1n) is 4.55. The third-order valence-corrected chi connectivity index (χ3v) is 1.85. The Morgan fingerprint density at radius 2 is 2.25 bits per heavy atom. The van der Waals surface area contributed by atoms with Crippen LogP contribution in [0.2, 0.25) is 0 Å². The number of carboxylic acids is 1. The van der Waals surface area contributed by atoms with Gasteiger partial charge in [0.25, 0.3) is 5.91 Å². The van der Waals surface area contributed by atoms with Gasteiger partial charge in [-0.05, 0) is 13.0 Å². The molecule has 2 atom stereocenters. The SMILES string of the molecule is C#CC(N)(C=CCN)C(=O)NC(C)C(=O)O. The molecule has 0 bridgehead atoms. The molecule has 6 N–H and O–H groups in total. The molecule has 16 heavy (non-hydrogen) atoms. The largest absolute Gasteiger partial charge is 0.480 e. The van der Waals surface area contributed by atoms with Crippen LogP contribution in [0.4, 0.5) is 0 Å². The lowest BCUT2D eigenvalue weighted by Crippen LogP contribution is -2.55. The number of rotatable bonds is 5. The van der Waals surface area contributed by atoms with E-state index in [4.69, 9.17) is 23.0 Å². The van der Waals surface area contributed by atoms with Crippen molar-refractivity contribution in [2.75, 3.05) is 6.54 Å². The Balaban J connectivity index is 4.74. The van der Waals surface area contributed by atoms with E-state index in [0.717, 1.165) is 0 Å². The van der Waals surface area contributed by atoms with Gasteiger partial charge in [-0.25, -0.2) is 0 Å². The third kappa shape index (κ3) is 3.73. The lowest BCUT2D eigenvalue weighted by atomic mass is 10.00. The molecule has 0 aliphatic heterocycles. The van der Waals surface area contributed by atoms with Crippen LogP contribution in [0.1, 0.15) is 6.92 Å². The molecule has 0 spiro atoms. The molecular formula is C10H15N3O3. The average Bonchev–Trinajstić information content (AvgIpc) is 2.25. The predicted molar refractivity (Wildman–Crippen MR) is 59.2 cm³/mol. The molecule has 0 rings (SSSR count). The Kier molecular flexibility index (Phi) is 5.22. The standard InChI is InChI=1S/C10H15N3O3/c1-3-10(12,5-4-6-11)9(16)13-7(2)8(14)15/h1,4-5,7H,6,11-12H2,2H3,(H,13,16)(H,14,15). The van der Waals surface area contributed by atoms with E-state index in [1.807, 2.05) is 0 Å². The highest BCUT2D eigenvalue weighted by molar-refractivity contribution is 5.94. The van der Waals surface area contributed by atoms with Crippen LogP contribution in [0, 0.1) is 12.3 Å². The van der Waals surface area contributed by atoms with Gasteiger partial charge in [0, 0.05) is 6.54 Å².